The molecule has 1 saturated carbocycles. The zero-order valence-corrected chi connectivity index (χ0v) is 16.1. The summed E-state index contributed by atoms with van der Waals surface area (Å²) in [5.74, 6) is -0.157. The van der Waals surface area contributed by atoms with E-state index < -0.39 is 5.79 Å². The molecular weight excluding hydrogens is 356 g/mol. The molecule has 3 heterocycles. The number of hydrogen-bond acceptors (Lipinski definition) is 4. The number of hydrogen-bond donors (Lipinski definition) is 1. The van der Waals surface area contributed by atoms with Crippen molar-refractivity contribution < 1.29 is 23.9 Å². The van der Waals surface area contributed by atoms with Gasteiger partial charge in [-0.1, -0.05) is 30.4 Å². The molecule has 28 heavy (non-hydrogen) atoms. The second-order valence-electron chi connectivity index (χ2n) is 9.02. The number of nitrogens with one attached hydrogen (secondary N) is 1. The Labute approximate surface area is 165 Å². The summed E-state index contributed by atoms with van der Waals surface area (Å²) >= 11 is 0. The van der Waals surface area contributed by atoms with E-state index in [1.54, 1.807) is 0 Å². The first-order chi connectivity index (χ1) is 13.7. The van der Waals surface area contributed by atoms with Crippen LogP contribution in [0.3, 0.4) is 0 Å². The molecule has 148 valence electrons. The van der Waals surface area contributed by atoms with Gasteiger partial charge in [-0.15, -0.1) is 0 Å². The van der Waals surface area contributed by atoms with Crippen molar-refractivity contribution in [3.8, 4) is 0 Å². The molecule has 0 unspecified atom stereocenters. The lowest BCUT2D eigenvalue weighted by atomic mass is 9.76. The zero-order chi connectivity index (χ0) is 18.8. The van der Waals surface area contributed by atoms with E-state index in [0.717, 1.165) is 44.0 Å². The Morgan fingerprint density at radius 1 is 1.11 bits per heavy atom. The molecule has 2 aliphatic carbocycles. The maximum absolute atomic E-state index is 13.6. The van der Waals surface area contributed by atoms with Gasteiger partial charge in [0.1, 0.15) is 13.1 Å². The smallest absolute Gasteiger partial charge is 0.296 e. The second-order valence-corrected chi connectivity index (χ2v) is 9.02. The third-order valence-corrected chi connectivity index (χ3v) is 7.41. The van der Waals surface area contributed by atoms with Gasteiger partial charge in [0.25, 0.3) is 11.7 Å². The quantitative estimate of drug-likeness (QED) is 0.764. The second kappa shape index (κ2) is 6.13. The van der Waals surface area contributed by atoms with E-state index in [1.165, 1.54) is 11.3 Å². The first-order valence-corrected chi connectivity index (χ1v) is 10.5. The lowest BCUT2D eigenvalue weighted by Crippen LogP contribution is -3.15. The molecule has 3 fully saturated rings. The van der Waals surface area contributed by atoms with E-state index in [9.17, 15) is 4.79 Å². The minimum Gasteiger partial charge on any atom is -0.370 e. The summed E-state index contributed by atoms with van der Waals surface area (Å²) < 4.78 is 18.3. The van der Waals surface area contributed by atoms with Crippen LogP contribution in [0.2, 0.25) is 0 Å². The third-order valence-electron chi connectivity index (χ3n) is 7.41. The Bertz CT molecular complexity index is 824. The number of anilines is 1. The molecule has 6 rings (SSSR count). The fourth-order valence-corrected chi connectivity index (χ4v) is 5.83. The highest BCUT2D eigenvalue weighted by atomic mass is 16.7. The van der Waals surface area contributed by atoms with Crippen LogP contribution in [0.5, 0.6) is 0 Å². The Kier molecular flexibility index (Phi) is 3.76. The van der Waals surface area contributed by atoms with Crippen LogP contribution < -0.4 is 9.80 Å². The highest BCUT2D eigenvalue weighted by molar-refractivity contribution is 6.05. The van der Waals surface area contributed by atoms with Gasteiger partial charge in [-0.25, -0.2) is 0 Å². The Morgan fingerprint density at radius 2 is 1.89 bits per heavy atom. The molecule has 2 spiro atoms. The highest BCUT2D eigenvalue weighted by Gasteiger charge is 2.61. The fourth-order valence-electron chi connectivity index (χ4n) is 5.83. The average Bonchev–Trinajstić information content (AvgIpc) is 3.40. The molecule has 1 amide bonds. The number of nitrogens with zero attached hydrogens (tertiary/aromatic N) is 1. The molecule has 2 bridgehead atoms. The van der Waals surface area contributed by atoms with Gasteiger partial charge in [-0.2, -0.15) is 0 Å². The van der Waals surface area contributed by atoms with Gasteiger partial charge in [0.15, 0.2) is 6.67 Å². The number of morpholine rings is 1. The molecule has 1 N–H and O–H groups in total. The number of quaternary nitrogens is 1. The van der Waals surface area contributed by atoms with Crippen LogP contribution >= 0.6 is 0 Å². The van der Waals surface area contributed by atoms with Crippen molar-refractivity contribution in [2.75, 3.05) is 51.1 Å². The van der Waals surface area contributed by atoms with Crippen molar-refractivity contribution in [3.63, 3.8) is 0 Å². The molecule has 0 aromatic heterocycles. The van der Waals surface area contributed by atoms with Gasteiger partial charge >= 0.3 is 0 Å². The number of para-hydroxylation sites is 1. The van der Waals surface area contributed by atoms with E-state index in [-0.39, 0.29) is 11.3 Å². The molecule has 6 heteroatoms. The predicted molar refractivity (Wildman–Crippen MR) is 102 cm³/mol. The number of ether oxygens (including phenoxy) is 3. The number of fused-ring (bicyclic) bond motifs is 5. The molecule has 3 aliphatic heterocycles. The zero-order valence-electron chi connectivity index (χ0n) is 16.1. The monoisotopic (exact) mass is 383 g/mol. The van der Waals surface area contributed by atoms with E-state index in [4.69, 9.17) is 14.2 Å². The maximum Gasteiger partial charge on any atom is 0.296 e. The first kappa shape index (κ1) is 17.2. The lowest BCUT2D eigenvalue weighted by molar-refractivity contribution is -0.906. The van der Waals surface area contributed by atoms with Crippen molar-refractivity contribution in [3.05, 3.63) is 42.0 Å². The number of carbonyl (C=O) groups is 1. The van der Waals surface area contributed by atoms with E-state index in [0.29, 0.717) is 31.7 Å². The van der Waals surface area contributed by atoms with Crippen molar-refractivity contribution in [2.24, 2.45) is 17.3 Å². The minimum absolute atomic E-state index is 0.0444. The van der Waals surface area contributed by atoms with Gasteiger partial charge in [-0.3, -0.25) is 9.69 Å². The molecule has 1 aromatic rings. The number of allylic oxidation sites excluding steroid dienone is 2. The summed E-state index contributed by atoms with van der Waals surface area (Å²) in [4.78, 5) is 16.8. The van der Waals surface area contributed by atoms with Crippen molar-refractivity contribution in [1.82, 2.24) is 0 Å². The molecule has 0 radical (unpaired) electrons. The maximum atomic E-state index is 13.6. The lowest BCUT2D eigenvalue weighted by Gasteiger charge is -2.45. The van der Waals surface area contributed by atoms with E-state index in [2.05, 4.69) is 12.2 Å². The Balaban J connectivity index is 1.29. The summed E-state index contributed by atoms with van der Waals surface area (Å²) in [6.07, 6.45) is 6.99. The highest BCUT2D eigenvalue weighted by Crippen LogP contribution is 2.57. The summed E-state index contributed by atoms with van der Waals surface area (Å²) in [5, 5.41) is 0. The van der Waals surface area contributed by atoms with Crippen molar-refractivity contribution in [2.45, 2.75) is 18.6 Å². The SMILES string of the molecule is O=C1N(C[NH+]2CCOCC2)c2ccccc2C12OCC1(CO2)C[C@H]2C=C[C@@H]1C2. The number of rotatable bonds is 2. The molecule has 2 saturated heterocycles. The molecule has 5 aliphatic rings. The Morgan fingerprint density at radius 3 is 2.61 bits per heavy atom. The summed E-state index contributed by atoms with van der Waals surface area (Å²) in [7, 11) is 0. The fraction of sp³-hybridized carbons (Fsp3) is 0.591. The minimum atomic E-state index is -1.26. The van der Waals surface area contributed by atoms with Gasteiger partial charge in [-0.05, 0) is 30.7 Å². The summed E-state index contributed by atoms with van der Waals surface area (Å²) in [6.45, 7) is 5.14. The summed E-state index contributed by atoms with van der Waals surface area (Å²) in [5.41, 5.74) is 1.83. The van der Waals surface area contributed by atoms with Crippen LogP contribution in [0.15, 0.2) is 36.4 Å². The summed E-state index contributed by atoms with van der Waals surface area (Å²) in [6, 6.07) is 7.95. The van der Waals surface area contributed by atoms with Gasteiger partial charge in [0.2, 0.25) is 0 Å². The Hall–Kier alpha value is -1.73. The molecule has 2 atom stereocenters. The number of benzene rings is 1. The van der Waals surface area contributed by atoms with Gasteiger partial charge in [0.05, 0.1) is 32.1 Å². The standard InChI is InChI=1S/C22H26N2O4/c25-20-22(27-13-21(14-28-22)12-16-5-6-17(21)11-16)18-3-1-2-4-19(18)24(20)15-23-7-9-26-10-8-23/h1-6,16-17H,7-15H2/p+1/t16-,17+,21?,22?/m0/s1. The van der Waals surface area contributed by atoms with Crippen LogP contribution in [0.1, 0.15) is 18.4 Å². The van der Waals surface area contributed by atoms with Gasteiger partial charge < -0.3 is 19.1 Å². The average molecular weight is 383 g/mol. The number of amides is 1. The van der Waals surface area contributed by atoms with Gasteiger partial charge in [0, 0.05) is 11.0 Å². The first-order valence-electron chi connectivity index (χ1n) is 10.5. The van der Waals surface area contributed by atoms with Crippen LogP contribution in [-0.2, 0) is 24.8 Å². The normalized spacial score (nSPS) is 39.4. The van der Waals surface area contributed by atoms with Crippen molar-refractivity contribution >= 4 is 11.6 Å². The largest absolute Gasteiger partial charge is 0.370 e. The van der Waals surface area contributed by atoms with E-state index in [1.807, 2.05) is 29.2 Å². The topological polar surface area (TPSA) is 52.4 Å². The third kappa shape index (κ3) is 2.32. The number of carbonyl (C=O) groups excluding carboxylic acids is 1. The molecular formula is C22H27N2O4+. The predicted octanol–water partition coefficient (Wildman–Crippen LogP) is 0.688. The van der Waals surface area contributed by atoms with Crippen molar-refractivity contribution in [1.29, 1.82) is 0 Å². The van der Waals surface area contributed by atoms with E-state index >= 15 is 0 Å². The van der Waals surface area contributed by atoms with Crippen LogP contribution in [0.4, 0.5) is 5.69 Å². The molecule has 6 nitrogen and oxygen atoms in total. The van der Waals surface area contributed by atoms with Crippen LogP contribution in [0, 0.1) is 17.3 Å². The van der Waals surface area contributed by atoms with Crippen LogP contribution in [-0.4, -0.2) is 52.1 Å². The van der Waals surface area contributed by atoms with Crippen LogP contribution in [0.25, 0.3) is 0 Å². The molecule has 1 aromatic carbocycles.